The van der Waals surface area contributed by atoms with E-state index in [0.717, 1.165) is 11.3 Å². The molecule has 0 bridgehead atoms. The number of aryl methyl sites for hydroxylation is 3. The third kappa shape index (κ3) is 3.60. The van der Waals surface area contributed by atoms with Crippen molar-refractivity contribution in [2.45, 2.75) is 38.1 Å². The zero-order chi connectivity index (χ0) is 18.2. The van der Waals surface area contributed by atoms with E-state index < -0.39 is 16.1 Å². The van der Waals surface area contributed by atoms with Gasteiger partial charge in [0.05, 0.1) is 4.90 Å². The summed E-state index contributed by atoms with van der Waals surface area (Å²) >= 11 is 0. The third-order valence-corrected chi connectivity index (χ3v) is 6.21. The number of carbonyl (C=O) groups excluding carboxylic acids is 1. The maximum absolute atomic E-state index is 12.9. The van der Waals surface area contributed by atoms with Gasteiger partial charge in [0.2, 0.25) is 15.9 Å². The number of carbonyl (C=O) groups is 1. The predicted octanol–water partition coefficient (Wildman–Crippen LogP) is 2.70. The monoisotopic (exact) mass is 358 g/mol. The van der Waals surface area contributed by atoms with Gasteiger partial charge in [-0.25, -0.2) is 13.1 Å². The van der Waals surface area contributed by atoms with E-state index in [1.54, 1.807) is 18.7 Å². The molecule has 1 aliphatic rings. The fourth-order valence-corrected chi connectivity index (χ4v) is 5.19. The Bertz CT molecular complexity index is 885. The molecular formula is C19H22N2O3S. The number of hydrogen-bond donors (Lipinski definition) is 1. The molecule has 132 valence electrons. The molecule has 0 radical (unpaired) electrons. The number of benzene rings is 2. The van der Waals surface area contributed by atoms with E-state index in [9.17, 15) is 13.2 Å². The molecule has 3 rings (SSSR count). The summed E-state index contributed by atoms with van der Waals surface area (Å²) < 4.78 is 28.4. The van der Waals surface area contributed by atoms with E-state index in [-0.39, 0.29) is 12.3 Å². The van der Waals surface area contributed by atoms with Gasteiger partial charge in [-0.15, -0.1) is 0 Å². The van der Waals surface area contributed by atoms with Crippen molar-refractivity contribution in [3.05, 3.63) is 59.2 Å². The predicted molar refractivity (Wildman–Crippen MR) is 98.2 cm³/mol. The quantitative estimate of drug-likeness (QED) is 0.914. The van der Waals surface area contributed by atoms with Crippen molar-refractivity contribution in [2.24, 2.45) is 0 Å². The van der Waals surface area contributed by atoms with Gasteiger partial charge in [-0.05, 0) is 44.0 Å². The molecule has 25 heavy (non-hydrogen) atoms. The molecule has 2 aromatic rings. The van der Waals surface area contributed by atoms with Gasteiger partial charge in [-0.3, -0.25) is 4.79 Å². The number of para-hydroxylation sites is 1. The Morgan fingerprint density at radius 2 is 1.64 bits per heavy atom. The largest absolute Gasteiger partial charge is 0.311 e. The number of hydrogen-bond acceptors (Lipinski definition) is 3. The van der Waals surface area contributed by atoms with E-state index in [4.69, 9.17) is 0 Å². The molecule has 1 N–H and O–H groups in total. The molecule has 2 aromatic carbocycles. The third-order valence-electron chi connectivity index (χ3n) is 4.39. The molecule has 0 spiro atoms. The number of sulfonamides is 1. The first-order valence-electron chi connectivity index (χ1n) is 8.23. The minimum absolute atomic E-state index is 0.0729. The first-order chi connectivity index (χ1) is 11.8. The number of nitrogens with one attached hydrogen (secondary N) is 1. The Kier molecular flexibility index (Phi) is 4.67. The van der Waals surface area contributed by atoms with Crippen molar-refractivity contribution in [1.82, 2.24) is 4.72 Å². The molecule has 1 aliphatic heterocycles. The van der Waals surface area contributed by atoms with Gasteiger partial charge in [0.1, 0.15) is 0 Å². The fourth-order valence-electron chi connectivity index (χ4n) is 3.51. The maximum Gasteiger partial charge on any atom is 0.241 e. The van der Waals surface area contributed by atoms with Crippen LogP contribution in [0.3, 0.4) is 0 Å². The minimum Gasteiger partial charge on any atom is -0.311 e. The van der Waals surface area contributed by atoms with Crippen molar-refractivity contribution in [2.75, 3.05) is 11.4 Å². The van der Waals surface area contributed by atoms with Crippen LogP contribution in [0.15, 0.2) is 47.4 Å². The second-order valence-electron chi connectivity index (χ2n) is 6.59. The van der Waals surface area contributed by atoms with Gasteiger partial charge in [0.25, 0.3) is 0 Å². The van der Waals surface area contributed by atoms with Gasteiger partial charge in [-0.2, -0.15) is 0 Å². The van der Waals surface area contributed by atoms with E-state index in [2.05, 4.69) is 4.72 Å². The van der Waals surface area contributed by atoms with Gasteiger partial charge < -0.3 is 4.90 Å². The molecule has 1 heterocycles. The Labute approximate surface area is 148 Å². The lowest BCUT2D eigenvalue weighted by atomic mass is 10.1. The highest BCUT2D eigenvalue weighted by atomic mass is 32.2. The van der Waals surface area contributed by atoms with Crippen LogP contribution in [-0.2, 0) is 14.8 Å². The highest BCUT2D eigenvalue weighted by Gasteiger charge is 2.34. The maximum atomic E-state index is 12.9. The number of amides is 1. The Morgan fingerprint density at radius 1 is 1.04 bits per heavy atom. The van der Waals surface area contributed by atoms with Crippen molar-refractivity contribution in [3.63, 3.8) is 0 Å². The zero-order valence-electron chi connectivity index (χ0n) is 14.6. The summed E-state index contributed by atoms with van der Waals surface area (Å²) in [7, 11) is -3.68. The Balaban J connectivity index is 1.82. The average molecular weight is 358 g/mol. The zero-order valence-corrected chi connectivity index (χ0v) is 15.4. The van der Waals surface area contributed by atoms with Crippen LogP contribution in [0, 0.1) is 20.8 Å². The van der Waals surface area contributed by atoms with Gasteiger partial charge >= 0.3 is 0 Å². The first kappa shape index (κ1) is 17.6. The number of anilines is 1. The van der Waals surface area contributed by atoms with E-state index in [1.165, 1.54) is 0 Å². The van der Waals surface area contributed by atoms with E-state index in [0.29, 0.717) is 22.6 Å². The fraction of sp³-hybridized carbons (Fsp3) is 0.316. The van der Waals surface area contributed by atoms with Gasteiger partial charge in [0, 0.05) is 24.7 Å². The van der Waals surface area contributed by atoms with Crippen LogP contribution in [0.25, 0.3) is 0 Å². The topological polar surface area (TPSA) is 66.5 Å². The van der Waals surface area contributed by atoms with Crippen LogP contribution in [0.5, 0.6) is 0 Å². The number of rotatable bonds is 4. The molecule has 1 saturated heterocycles. The number of nitrogens with zero attached hydrogens (tertiary/aromatic N) is 1. The van der Waals surface area contributed by atoms with Crippen molar-refractivity contribution >= 4 is 21.6 Å². The van der Waals surface area contributed by atoms with Crippen molar-refractivity contribution in [1.29, 1.82) is 0 Å². The smallest absolute Gasteiger partial charge is 0.241 e. The van der Waals surface area contributed by atoms with Crippen LogP contribution in [0.2, 0.25) is 0 Å². The lowest BCUT2D eigenvalue weighted by Gasteiger charge is -2.18. The molecule has 0 aromatic heterocycles. The summed E-state index contributed by atoms with van der Waals surface area (Å²) in [5, 5.41) is 0. The minimum atomic E-state index is -3.68. The van der Waals surface area contributed by atoms with E-state index >= 15 is 0 Å². The van der Waals surface area contributed by atoms with Crippen molar-refractivity contribution < 1.29 is 13.2 Å². The Hall–Kier alpha value is -2.18. The summed E-state index contributed by atoms with van der Waals surface area (Å²) in [6.45, 7) is 5.87. The van der Waals surface area contributed by atoms with Crippen molar-refractivity contribution in [3.8, 4) is 0 Å². The lowest BCUT2D eigenvalue weighted by Crippen LogP contribution is -2.37. The molecule has 0 aliphatic carbocycles. The second kappa shape index (κ2) is 6.61. The van der Waals surface area contributed by atoms with Crippen LogP contribution >= 0.6 is 0 Å². The molecule has 5 nitrogen and oxygen atoms in total. The SMILES string of the molecule is Cc1cc(C)c(S(=O)(=O)NC2CC(=O)N(c3ccccc3)C2)c(C)c1. The average Bonchev–Trinajstić information content (AvgIpc) is 2.86. The molecule has 1 atom stereocenters. The summed E-state index contributed by atoms with van der Waals surface area (Å²) in [6, 6.07) is 12.6. The summed E-state index contributed by atoms with van der Waals surface area (Å²) in [5.74, 6) is -0.0729. The Morgan fingerprint density at radius 3 is 2.24 bits per heavy atom. The molecule has 1 amide bonds. The molecule has 0 saturated carbocycles. The normalized spacial score (nSPS) is 18.0. The van der Waals surface area contributed by atoms with Crippen LogP contribution in [0.1, 0.15) is 23.1 Å². The van der Waals surface area contributed by atoms with Gasteiger partial charge in [0.15, 0.2) is 0 Å². The van der Waals surface area contributed by atoms with E-state index in [1.807, 2.05) is 49.4 Å². The molecule has 1 fully saturated rings. The van der Waals surface area contributed by atoms with Crippen LogP contribution in [0.4, 0.5) is 5.69 Å². The molecule has 6 heteroatoms. The first-order valence-corrected chi connectivity index (χ1v) is 9.72. The molecular weight excluding hydrogens is 336 g/mol. The summed E-state index contributed by atoms with van der Waals surface area (Å²) in [5.41, 5.74) is 3.25. The summed E-state index contributed by atoms with van der Waals surface area (Å²) in [6.07, 6.45) is 0.165. The van der Waals surface area contributed by atoms with Gasteiger partial charge in [-0.1, -0.05) is 35.9 Å². The summed E-state index contributed by atoms with van der Waals surface area (Å²) in [4.78, 5) is 14.2. The van der Waals surface area contributed by atoms with Crippen LogP contribution < -0.4 is 9.62 Å². The highest BCUT2D eigenvalue weighted by molar-refractivity contribution is 7.89. The standard InChI is InChI=1S/C19H22N2O3S/c1-13-9-14(2)19(15(3)10-13)25(23,24)20-16-11-18(22)21(12-16)17-7-5-4-6-8-17/h4-10,16,20H,11-12H2,1-3H3. The highest BCUT2D eigenvalue weighted by Crippen LogP contribution is 2.25. The lowest BCUT2D eigenvalue weighted by molar-refractivity contribution is -0.117. The molecule has 1 unspecified atom stereocenters. The second-order valence-corrected chi connectivity index (χ2v) is 8.24. The van der Waals surface area contributed by atoms with Crippen LogP contribution in [-0.4, -0.2) is 26.9 Å².